The van der Waals surface area contributed by atoms with Crippen molar-refractivity contribution in [2.45, 2.75) is 5.22 Å². The number of rotatable bonds is 5. The van der Waals surface area contributed by atoms with Gasteiger partial charge in [-0.05, 0) is 35.7 Å². The number of esters is 1. The Labute approximate surface area is 151 Å². The first kappa shape index (κ1) is 17.2. The molecular weight excluding hydrogens is 363 g/mol. The molecule has 0 aliphatic heterocycles. The second-order valence-electron chi connectivity index (χ2n) is 4.58. The Morgan fingerprint density at radius 1 is 1.24 bits per heavy atom. The monoisotopic (exact) mass is 374 g/mol. The highest BCUT2D eigenvalue weighted by Gasteiger charge is 2.08. The molecule has 0 unspecified atom stereocenters. The van der Waals surface area contributed by atoms with Gasteiger partial charge in [0.25, 0.3) is 5.22 Å². The van der Waals surface area contributed by atoms with Gasteiger partial charge in [-0.15, -0.1) is 21.5 Å². The summed E-state index contributed by atoms with van der Waals surface area (Å²) in [6, 6.07) is 9.28. The van der Waals surface area contributed by atoms with Gasteiger partial charge in [-0.25, -0.2) is 9.18 Å². The van der Waals surface area contributed by atoms with E-state index in [1.54, 1.807) is 24.3 Å². The molecule has 0 fully saturated rings. The number of carbonyl (C=O) groups excluding carboxylic acids is 1. The summed E-state index contributed by atoms with van der Waals surface area (Å²) in [5.74, 6) is 5.64. The zero-order valence-corrected chi connectivity index (χ0v) is 14.4. The van der Waals surface area contributed by atoms with Crippen LogP contribution in [0.1, 0.15) is 9.67 Å². The van der Waals surface area contributed by atoms with Crippen molar-refractivity contribution in [3.8, 4) is 23.3 Å². The number of aromatic nitrogens is 2. The third-order valence-corrected chi connectivity index (χ3v) is 4.44. The number of benzene rings is 1. The molecular formula is C17H11FN2O3S2. The first-order chi connectivity index (χ1) is 12.2. The number of hydrogen-bond acceptors (Lipinski definition) is 7. The molecule has 3 rings (SSSR count). The smallest absolute Gasteiger partial charge is 0.349 e. The summed E-state index contributed by atoms with van der Waals surface area (Å²) in [7, 11) is 0. The lowest BCUT2D eigenvalue weighted by atomic mass is 10.2. The van der Waals surface area contributed by atoms with Crippen LogP contribution < -0.4 is 0 Å². The fraction of sp³-hybridized carbons (Fsp3) is 0.118. The van der Waals surface area contributed by atoms with Crippen molar-refractivity contribution in [1.29, 1.82) is 0 Å². The van der Waals surface area contributed by atoms with E-state index in [2.05, 4.69) is 22.0 Å². The van der Waals surface area contributed by atoms with Crippen molar-refractivity contribution < 1.29 is 18.3 Å². The molecule has 0 saturated heterocycles. The second-order valence-corrected chi connectivity index (χ2v) is 6.45. The number of thioether (sulfide) groups is 1. The molecule has 0 N–H and O–H groups in total. The fourth-order valence-electron chi connectivity index (χ4n) is 1.74. The summed E-state index contributed by atoms with van der Waals surface area (Å²) < 4.78 is 23.4. The first-order valence-electron chi connectivity index (χ1n) is 7.11. The molecule has 0 atom stereocenters. The summed E-state index contributed by atoms with van der Waals surface area (Å²) in [5.41, 5.74) is 0.646. The second kappa shape index (κ2) is 8.46. The normalized spacial score (nSPS) is 10.1. The minimum atomic E-state index is -0.377. The van der Waals surface area contributed by atoms with Gasteiger partial charge < -0.3 is 9.15 Å². The molecule has 126 valence electrons. The predicted molar refractivity (Wildman–Crippen MR) is 92.8 cm³/mol. The van der Waals surface area contributed by atoms with Gasteiger partial charge in [-0.2, -0.15) is 0 Å². The van der Waals surface area contributed by atoms with E-state index >= 15 is 0 Å². The van der Waals surface area contributed by atoms with Crippen LogP contribution in [0.25, 0.3) is 11.5 Å². The van der Waals surface area contributed by atoms with Crippen LogP contribution in [0.15, 0.2) is 51.4 Å². The maximum atomic E-state index is 12.9. The molecule has 0 aliphatic carbocycles. The average Bonchev–Trinajstić information content (AvgIpc) is 3.30. The summed E-state index contributed by atoms with van der Waals surface area (Å²) in [4.78, 5) is 12.1. The predicted octanol–water partition coefficient (Wildman–Crippen LogP) is 3.89. The minimum Gasteiger partial charge on any atom is -0.448 e. The topological polar surface area (TPSA) is 65.2 Å². The fourth-order valence-corrected chi connectivity index (χ4v) is 2.89. The Balaban J connectivity index is 1.44. The van der Waals surface area contributed by atoms with Crippen molar-refractivity contribution in [2.24, 2.45) is 0 Å². The molecule has 8 heteroatoms. The van der Waals surface area contributed by atoms with E-state index in [9.17, 15) is 9.18 Å². The highest BCUT2D eigenvalue weighted by Crippen LogP contribution is 2.22. The highest BCUT2D eigenvalue weighted by atomic mass is 32.2. The van der Waals surface area contributed by atoms with E-state index in [-0.39, 0.29) is 18.4 Å². The first-order valence-corrected chi connectivity index (χ1v) is 8.97. The molecule has 2 heterocycles. The molecule has 0 bridgehead atoms. The van der Waals surface area contributed by atoms with E-state index in [1.165, 1.54) is 35.2 Å². The molecule has 3 aromatic rings. The molecule has 0 spiro atoms. The van der Waals surface area contributed by atoms with Gasteiger partial charge in [-0.3, -0.25) is 0 Å². The van der Waals surface area contributed by atoms with Crippen molar-refractivity contribution in [3.63, 3.8) is 0 Å². The summed E-state index contributed by atoms with van der Waals surface area (Å²) in [6.07, 6.45) is 0. The number of ether oxygens (including phenoxy) is 1. The lowest BCUT2D eigenvalue weighted by Crippen LogP contribution is -2.02. The van der Waals surface area contributed by atoms with Crippen molar-refractivity contribution in [2.75, 3.05) is 12.4 Å². The van der Waals surface area contributed by atoms with Crippen molar-refractivity contribution in [3.05, 3.63) is 52.5 Å². The van der Waals surface area contributed by atoms with E-state index in [0.717, 1.165) is 0 Å². The van der Waals surface area contributed by atoms with Crippen LogP contribution in [0.5, 0.6) is 0 Å². The van der Waals surface area contributed by atoms with E-state index in [1.807, 2.05) is 5.38 Å². The number of thiophene rings is 1. The number of nitrogens with zero attached hydrogens (tertiary/aromatic N) is 2. The Morgan fingerprint density at radius 3 is 2.84 bits per heavy atom. The van der Waals surface area contributed by atoms with Crippen LogP contribution in [-0.2, 0) is 4.74 Å². The van der Waals surface area contributed by atoms with Crippen molar-refractivity contribution >= 4 is 29.1 Å². The van der Waals surface area contributed by atoms with Crippen LogP contribution in [0, 0.1) is 17.7 Å². The van der Waals surface area contributed by atoms with Crippen LogP contribution in [0.2, 0.25) is 0 Å². The Hall–Kier alpha value is -2.63. The largest absolute Gasteiger partial charge is 0.448 e. The van der Waals surface area contributed by atoms with Gasteiger partial charge in [0, 0.05) is 5.56 Å². The number of carbonyl (C=O) groups is 1. The van der Waals surface area contributed by atoms with Gasteiger partial charge in [0.1, 0.15) is 10.7 Å². The number of hydrogen-bond donors (Lipinski definition) is 0. The average molecular weight is 374 g/mol. The molecule has 0 aliphatic rings. The maximum Gasteiger partial charge on any atom is 0.349 e. The Morgan fingerprint density at radius 2 is 2.08 bits per heavy atom. The van der Waals surface area contributed by atoms with Crippen LogP contribution in [0.4, 0.5) is 4.39 Å². The van der Waals surface area contributed by atoms with Gasteiger partial charge in [-0.1, -0.05) is 29.7 Å². The van der Waals surface area contributed by atoms with Crippen LogP contribution >= 0.6 is 23.1 Å². The van der Waals surface area contributed by atoms with Crippen molar-refractivity contribution in [1.82, 2.24) is 10.2 Å². The Kier molecular flexibility index (Phi) is 5.82. The van der Waals surface area contributed by atoms with Gasteiger partial charge in [0.15, 0.2) is 6.61 Å². The molecule has 2 aromatic heterocycles. The van der Waals surface area contributed by atoms with Crippen LogP contribution in [-0.4, -0.2) is 28.5 Å². The molecule has 0 amide bonds. The molecule has 25 heavy (non-hydrogen) atoms. The molecule has 0 radical (unpaired) electrons. The van der Waals surface area contributed by atoms with E-state index in [0.29, 0.717) is 27.3 Å². The SMILES string of the molecule is O=C(OCC#CCSc1nnc(-c2ccc(F)cc2)o1)c1cccs1. The molecule has 5 nitrogen and oxygen atoms in total. The quantitative estimate of drug-likeness (QED) is 0.383. The molecule has 1 aromatic carbocycles. The van der Waals surface area contributed by atoms with E-state index < -0.39 is 0 Å². The lowest BCUT2D eigenvalue weighted by Gasteiger charge is -1.96. The zero-order chi connectivity index (χ0) is 17.5. The highest BCUT2D eigenvalue weighted by molar-refractivity contribution is 7.99. The van der Waals surface area contributed by atoms with E-state index in [4.69, 9.17) is 9.15 Å². The minimum absolute atomic E-state index is 0.0297. The maximum absolute atomic E-state index is 12.9. The molecule has 0 saturated carbocycles. The number of halogens is 1. The standard InChI is InChI=1S/C17H11FN2O3S2/c18-13-7-5-12(6-8-13)15-19-20-17(23-15)25-10-2-1-9-22-16(21)14-4-3-11-24-14/h3-8,11H,9-10H2. The third-order valence-electron chi connectivity index (χ3n) is 2.89. The summed E-state index contributed by atoms with van der Waals surface area (Å²) in [5, 5.41) is 9.98. The van der Waals surface area contributed by atoms with Gasteiger partial charge in [0.2, 0.25) is 5.89 Å². The zero-order valence-electron chi connectivity index (χ0n) is 12.8. The summed E-state index contributed by atoms with van der Waals surface area (Å²) in [6.45, 7) is 0.0297. The summed E-state index contributed by atoms with van der Waals surface area (Å²) >= 11 is 2.59. The third kappa shape index (κ3) is 4.92. The van der Waals surface area contributed by atoms with Gasteiger partial charge >= 0.3 is 5.97 Å². The Bertz CT molecular complexity index is 896. The van der Waals surface area contributed by atoms with Gasteiger partial charge in [0.05, 0.1) is 5.75 Å². The van der Waals surface area contributed by atoms with Crippen LogP contribution in [0.3, 0.4) is 0 Å². The lowest BCUT2D eigenvalue weighted by molar-refractivity contribution is 0.0562.